The van der Waals surface area contributed by atoms with E-state index in [9.17, 15) is 0 Å². The Kier molecular flexibility index (Phi) is 4.54. The quantitative estimate of drug-likeness (QED) is 0.376. The average Bonchev–Trinajstić information content (AvgIpc) is 2.76. The molecule has 0 spiro atoms. The van der Waals surface area contributed by atoms with Crippen LogP contribution in [-0.2, 0) is 0 Å². The van der Waals surface area contributed by atoms with Crippen molar-refractivity contribution in [1.29, 1.82) is 0 Å². The zero-order chi connectivity index (χ0) is 18.8. The van der Waals surface area contributed by atoms with Crippen LogP contribution in [0.2, 0.25) is 0 Å². The molecular formula is C28H22. The first kappa shape index (κ1) is 17.0. The van der Waals surface area contributed by atoms with Crippen LogP contribution in [0.3, 0.4) is 0 Å². The highest BCUT2D eigenvalue weighted by Gasteiger charge is 2.53. The minimum atomic E-state index is 0.316. The molecule has 0 heterocycles. The zero-order valence-corrected chi connectivity index (χ0v) is 15.7. The fourth-order valence-corrected chi connectivity index (χ4v) is 4.51. The number of benzene rings is 4. The summed E-state index contributed by atoms with van der Waals surface area (Å²) in [5.74, 6) is 3.63. The number of hydrogen-bond acceptors (Lipinski definition) is 0. The highest BCUT2D eigenvalue weighted by molar-refractivity contribution is 5.65. The molecule has 0 amide bonds. The summed E-state index contributed by atoms with van der Waals surface area (Å²) in [5.41, 5.74) is 5.41. The van der Waals surface area contributed by atoms with E-state index in [4.69, 9.17) is 0 Å². The molecule has 1 saturated carbocycles. The Morgan fingerprint density at radius 2 is 0.607 bits per heavy atom. The van der Waals surface area contributed by atoms with Crippen molar-refractivity contribution in [2.24, 2.45) is 0 Å². The first-order valence-corrected chi connectivity index (χ1v) is 9.87. The molecule has 0 heteroatoms. The summed E-state index contributed by atoms with van der Waals surface area (Å²) in [6, 6.07) is 43.6. The minimum absolute atomic E-state index is 0.316. The van der Waals surface area contributed by atoms with Gasteiger partial charge in [0.05, 0.1) is 0 Å². The summed E-state index contributed by atoms with van der Waals surface area (Å²) in [5, 5.41) is 0. The number of rotatable bonds is 4. The number of hydrogen-bond donors (Lipinski definition) is 0. The smallest absolute Gasteiger partial charge is 0.0217 e. The molecule has 2 radical (unpaired) electrons. The molecule has 4 aromatic carbocycles. The molecule has 0 nitrogen and oxygen atoms in total. The summed E-state index contributed by atoms with van der Waals surface area (Å²) < 4.78 is 0. The van der Waals surface area contributed by atoms with Crippen LogP contribution in [0.4, 0.5) is 0 Å². The van der Waals surface area contributed by atoms with Crippen molar-refractivity contribution in [1.82, 2.24) is 0 Å². The monoisotopic (exact) mass is 358 g/mol. The Bertz CT molecular complexity index is 825. The lowest BCUT2D eigenvalue weighted by molar-refractivity contribution is 0.488. The fourth-order valence-electron chi connectivity index (χ4n) is 4.51. The van der Waals surface area contributed by atoms with Gasteiger partial charge in [-0.1, -0.05) is 121 Å². The third-order valence-corrected chi connectivity index (χ3v) is 5.72. The molecule has 134 valence electrons. The van der Waals surface area contributed by atoms with E-state index in [1.165, 1.54) is 34.1 Å². The first-order chi connectivity index (χ1) is 13.9. The van der Waals surface area contributed by atoms with Crippen molar-refractivity contribution < 1.29 is 0 Å². The Hall–Kier alpha value is -3.12. The van der Waals surface area contributed by atoms with E-state index in [0.717, 1.165) is 0 Å². The Labute approximate surface area is 167 Å². The van der Waals surface area contributed by atoms with Crippen LogP contribution in [-0.4, -0.2) is 0 Å². The molecule has 0 bridgehead atoms. The van der Waals surface area contributed by atoms with Gasteiger partial charge in [0.1, 0.15) is 0 Å². The van der Waals surface area contributed by atoms with Crippen LogP contribution in [0.25, 0.3) is 0 Å². The fraction of sp³-hybridized carbons (Fsp3) is 0.0714. The van der Waals surface area contributed by atoms with Gasteiger partial charge in [0.15, 0.2) is 0 Å². The predicted octanol–water partition coefficient (Wildman–Crippen LogP) is 6.81. The second-order valence-corrected chi connectivity index (χ2v) is 7.33. The van der Waals surface area contributed by atoms with Gasteiger partial charge in [-0.2, -0.15) is 0 Å². The van der Waals surface area contributed by atoms with Crippen molar-refractivity contribution in [3.63, 3.8) is 0 Å². The lowest BCUT2D eigenvalue weighted by Crippen LogP contribution is -2.41. The molecule has 0 N–H and O–H groups in total. The van der Waals surface area contributed by atoms with Crippen molar-refractivity contribution in [3.05, 3.63) is 155 Å². The van der Waals surface area contributed by atoms with Crippen LogP contribution >= 0.6 is 0 Å². The molecule has 1 aliphatic carbocycles. The van der Waals surface area contributed by atoms with Crippen molar-refractivity contribution in [2.45, 2.75) is 11.8 Å². The van der Waals surface area contributed by atoms with Gasteiger partial charge < -0.3 is 0 Å². The molecule has 5 rings (SSSR count). The molecule has 28 heavy (non-hydrogen) atoms. The van der Waals surface area contributed by atoms with E-state index in [1.807, 2.05) is 0 Å². The van der Waals surface area contributed by atoms with Gasteiger partial charge >= 0.3 is 0 Å². The van der Waals surface area contributed by atoms with Crippen molar-refractivity contribution >= 4 is 0 Å². The summed E-state index contributed by atoms with van der Waals surface area (Å²) >= 11 is 0. The van der Waals surface area contributed by atoms with Crippen LogP contribution < -0.4 is 0 Å². The molecule has 1 aliphatic rings. The van der Waals surface area contributed by atoms with E-state index < -0.39 is 0 Å². The lowest BCUT2D eigenvalue weighted by Gasteiger charge is -2.52. The summed E-state index contributed by atoms with van der Waals surface area (Å²) in [4.78, 5) is 0. The maximum absolute atomic E-state index is 2.26. The van der Waals surface area contributed by atoms with E-state index in [1.54, 1.807) is 0 Å². The third kappa shape index (κ3) is 2.96. The summed E-state index contributed by atoms with van der Waals surface area (Å²) in [6.07, 6.45) is 0. The van der Waals surface area contributed by atoms with Gasteiger partial charge in [0, 0.05) is 23.7 Å². The van der Waals surface area contributed by atoms with Gasteiger partial charge in [-0.15, -0.1) is 0 Å². The van der Waals surface area contributed by atoms with Gasteiger partial charge in [-0.25, -0.2) is 0 Å². The first-order valence-electron chi connectivity index (χ1n) is 9.87. The molecule has 0 aliphatic heterocycles. The van der Waals surface area contributed by atoms with E-state index in [0.29, 0.717) is 11.8 Å². The summed E-state index contributed by atoms with van der Waals surface area (Å²) in [7, 11) is 0. The SMILES string of the molecule is c1ccc([C]2C(c3ccccc3)[C](c3ccccc3)C2c2ccccc2)cc1. The predicted molar refractivity (Wildman–Crippen MR) is 116 cm³/mol. The standard InChI is InChI=1S/C28H22/c1-5-13-21(14-6-1)25-26(22-15-7-2-8-16-22)28(24-19-11-4-12-20-24)27(25)23-17-9-3-10-18-23/h1-20,25,28H. The molecule has 4 aromatic rings. The van der Waals surface area contributed by atoms with Crippen LogP contribution in [0.5, 0.6) is 0 Å². The molecule has 0 unspecified atom stereocenters. The Morgan fingerprint density at radius 1 is 0.321 bits per heavy atom. The second kappa shape index (κ2) is 7.48. The van der Waals surface area contributed by atoms with Crippen LogP contribution in [0.15, 0.2) is 121 Å². The van der Waals surface area contributed by atoms with Gasteiger partial charge in [-0.05, 0) is 22.3 Å². The normalized spacial score (nSPS) is 19.9. The van der Waals surface area contributed by atoms with Gasteiger partial charge in [-0.3, -0.25) is 0 Å². The molecule has 1 fully saturated rings. The highest BCUT2D eigenvalue weighted by atomic mass is 14.5. The van der Waals surface area contributed by atoms with Crippen molar-refractivity contribution in [3.8, 4) is 0 Å². The summed E-state index contributed by atoms with van der Waals surface area (Å²) in [6.45, 7) is 0. The molecule has 0 aromatic heterocycles. The largest absolute Gasteiger partial charge is 0.0622 e. The topological polar surface area (TPSA) is 0 Å². The highest BCUT2D eigenvalue weighted by Crippen LogP contribution is 2.64. The second-order valence-electron chi connectivity index (χ2n) is 7.33. The zero-order valence-electron chi connectivity index (χ0n) is 15.7. The maximum Gasteiger partial charge on any atom is 0.0217 e. The minimum Gasteiger partial charge on any atom is -0.0622 e. The average molecular weight is 358 g/mol. The maximum atomic E-state index is 2.26. The van der Waals surface area contributed by atoms with Crippen LogP contribution in [0, 0.1) is 11.8 Å². The van der Waals surface area contributed by atoms with Crippen LogP contribution in [0.1, 0.15) is 34.1 Å². The molecule has 0 saturated heterocycles. The molecule has 0 atom stereocenters. The van der Waals surface area contributed by atoms with E-state index in [2.05, 4.69) is 121 Å². The Balaban J connectivity index is 1.67. The Morgan fingerprint density at radius 3 is 0.929 bits per heavy atom. The lowest BCUT2D eigenvalue weighted by atomic mass is 9.49. The van der Waals surface area contributed by atoms with Gasteiger partial charge in [0.25, 0.3) is 0 Å². The molecular weight excluding hydrogens is 336 g/mol. The van der Waals surface area contributed by atoms with E-state index >= 15 is 0 Å². The van der Waals surface area contributed by atoms with E-state index in [-0.39, 0.29) is 0 Å². The van der Waals surface area contributed by atoms with Crippen molar-refractivity contribution in [2.75, 3.05) is 0 Å². The van der Waals surface area contributed by atoms with Gasteiger partial charge in [0.2, 0.25) is 0 Å². The third-order valence-electron chi connectivity index (χ3n) is 5.72.